The van der Waals surface area contributed by atoms with Crippen molar-refractivity contribution in [3.05, 3.63) is 115 Å². The van der Waals surface area contributed by atoms with Gasteiger partial charge in [0.2, 0.25) is 0 Å². The summed E-state index contributed by atoms with van der Waals surface area (Å²) < 4.78 is 0. The van der Waals surface area contributed by atoms with Crippen molar-refractivity contribution in [1.29, 1.82) is 0 Å². The number of hydrogen-bond acceptors (Lipinski definition) is 3. The Morgan fingerprint density at radius 2 is 0.788 bits per heavy atom. The molecule has 0 saturated carbocycles. The van der Waals surface area contributed by atoms with Crippen LogP contribution in [-0.2, 0) is 0 Å². The van der Waals surface area contributed by atoms with E-state index in [-0.39, 0.29) is 5.92 Å². The van der Waals surface area contributed by atoms with E-state index in [0.717, 1.165) is 39.2 Å². The Bertz CT molecular complexity index is 1280. The van der Waals surface area contributed by atoms with Crippen LogP contribution in [0.2, 0.25) is 0 Å². The monoisotopic (exact) mass is 427 g/mol. The Labute approximate surface area is 194 Å². The number of benzene rings is 4. The molecule has 1 aromatic heterocycles. The van der Waals surface area contributed by atoms with Crippen LogP contribution in [0.5, 0.6) is 0 Å². The molecule has 0 aliphatic rings. The number of hydrogen-bond donors (Lipinski definition) is 0. The Balaban J connectivity index is 1.72. The highest BCUT2D eigenvalue weighted by Crippen LogP contribution is 2.34. The van der Waals surface area contributed by atoms with Gasteiger partial charge in [-0.2, -0.15) is 0 Å². The van der Waals surface area contributed by atoms with Gasteiger partial charge in [0.25, 0.3) is 0 Å². The lowest BCUT2D eigenvalue weighted by Crippen LogP contribution is -2.05. The van der Waals surface area contributed by atoms with Crippen molar-refractivity contribution in [3.63, 3.8) is 0 Å². The second-order valence-corrected chi connectivity index (χ2v) is 8.32. The summed E-state index contributed by atoms with van der Waals surface area (Å²) in [4.78, 5) is 14.8. The van der Waals surface area contributed by atoms with Gasteiger partial charge < -0.3 is 0 Å². The van der Waals surface area contributed by atoms with Gasteiger partial charge in [-0.1, -0.05) is 123 Å². The van der Waals surface area contributed by atoms with Gasteiger partial charge in [-0.3, -0.25) is 0 Å². The van der Waals surface area contributed by atoms with E-state index < -0.39 is 0 Å². The summed E-state index contributed by atoms with van der Waals surface area (Å²) >= 11 is 0. The van der Waals surface area contributed by atoms with E-state index >= 15 is 0 Å². The third-order valence-electron chi connectivity index (χ3n) is 5.67. The molecule has 5 aromatic rings. The first-order valence-electron chi connectivity index (χ1n) is 11.3. The van der Waals surface area contributed by atoms with Crippen LogP contribution in [-0.4, -0.2) is 15.0 Å². The molecule has 0 amide bonds. The highest BCUT2D eigenvalue weighted by molar-refractivity contribution is 5.83. The molecule has 3 heteroatoms. The first-order chi connectivity index (χ1) is 16.2. The minimum absolute atomic E-state index is 0.179. The molecule has 160 valence electrons. The van der Waals surface area contributed by atoms with Crippen LogP contribution < -0.4 is 0 Å². The van der Waals surface area contributed by atoms with E-state index in [0.29, 0.717) is 11.6 Å². The van der Waals surface area contributed by atoms with Gasteiger partial charge in [-0.15, -0.1) is 0 Å². The van der Waals surface area contributed by atoms with Crippen molar-refractivity contribution < 1.29 is 0 Å². The molecule has 0 saturated heterocycles. The molecule has 0 radical (unpaired) electrons. The first-order valence-corrected chi connectivity index (χ1v) is 11.3. The molecule has 0 aliphatic carbocycles. The molecule has 0 N–H and O–H groups in total. The average Bonchev–Trinajstić information content (AvgIpc) is 2.89. The maximum atomic E-state index is 5.01. The highest BCUT2D eigenvalue weighted by atomic mass is 15.0. The molecular formula is C30H25N3. The fraction of sp³-hybridized carbons (Fsp3) is 0.100. The Kier molecular flexibility index (Phi) is 5.77. The van der Waals surface area contributed by atoms with Gasteiger partial charge in [0.1, 0.15) is 5.82 Å². The van der Waals surface area contributed by atoms with Crippen molar-refractivity contribution in [2.75, 3.05) is 0 Å². The van der Waals surface area contributed by atoms with Crippen LogP contribution in [0, 0.1) is 0 Å². The Morgan fingerprint density at radius 3 is 1.18 bits per heavy atom. The molecular weight excluding hydrogens is 402 g/mol. The maximum Gasteiger partial charge on any atom is 0.164 e. The maximum absolute atomic E-state index is 5.01. The molecule has 0 bridgehead atoms. The van der Waals surface area contributed by atoms with E-state index in [4.69, 9.17) is 15.0 Å². The van der Waals surface area contributed by atoms with Gasteiger partial charge in [0.15, 0.2) is 11.6 Å². The van der Waals surface area contributed by atoms with E-state index in [1.165, 1.54) is 0 Å². The molecule has 0 atom stereocenters. The van der Waals surface area contributed by atoms with Crippen LogP contribution in [0.4, 0.5) is 0 Å². The second kappa shape index (κ2) is 9.17. The molecule has 33 heavy (non-hydrogen) atoms. The summed E-state index contributed by atoms with van der Waals surface area (Å²) in [7, 11) is 0. The molecule has 5 rings (SSSR count). The second-order valence-electron chi connectivity index (χ2n) is 8.32. The zero-order chi connectivity index (χ0) is 22.6. The van der Waals surface area contributed by atoms with Gasteiger partial charge in [-0.05, 0) is 22.3 Å². The summed E-state index contributed by atoms with van der Waals surface area (Å²) in [5.41, 5.74) is 6.53. The Hall–Kier alpha value is -4.11. The fourth-order valence-electron chi connectivity index (χ4n) is 3.99. The van der Waals surface area contributed by atoms with Crippen LogP contribution in [0.1, 0.15) is 25.6 Å². The summed E-state index contributed by atoms with van der Waals surface area (Å²) in [6, 6.07) is 37.4. The third kappa shape index (κ3) is 4.31. The van der Waals surface area contributed by atoms with Crippen LogP contribution in [0.25, 0.3) is 45.0 Å². The lowest BCUT2D eigenvalue weighted by atomic mass is 9.98. The normalized spacial score (nSPS) is 11.0. The minimum atomic E-state index is 0.179. The van der Waals surface area contributed by atoms with Crippen molar-refractivity contribution in [2.45, 2.75) is 19.8 Å². The fourth-order valence-corrected chi connectivity index (χ4v) is 3.99. The van der Waals surface area contributed by atoms with Gasteiger partial charge in [-0.25, -0.2) is 15.0 Å². The van der Waals surface area contributed by atoms with Crippen molar-refractivity contribution in [2.24, 2.45) is 0 Å². The molecule has 3 nitrogen and oxygen atoms in total. The van der Waals surface area contributed by atoms with Gasteiger partial charge >= 0.3 is 0 Å². The van der Waals surface area contributed by atoms with Crippen LogP contribution >= 0.6 is 0 Å². The standard InChI is InChI=1S/C30H25N3/c1-21(2)28-31-29(26-19-11-9-17-24(26)22-13-5-3-6-14-22)33-30(32-28)27-20-12-10-18-25(27)23-15-7-4-8-16-23/h3-21H,1-2H3. The molecule has 0 spiro atoms. The lowest BCUT2D eigenvalue weighted by molar-refractivity contribution is 0.766. The molecule has 1 heterocycles. The molecule has 0 unspecified atom stereocenters. The summed E-state index contributed by atoms with van der Waals surface area (Å²) in [5, 5.41) is 0. The predicted octanol–water partition coefficient (Wildman–Crippen LogP) is 7.66. The predicted molar refractivity (Wildman–Crippen MR) is 136 cm³/mol. The van der Waals surface area contributed by atoms with Crippen molar-refractivity contribution in [3.8, 4) is 45.0 Å². The first kappa shape index (κ1) is 20.8. The van der Waals surface area contributed by atoms with Gasteiger partial charge in [0, 0.05) is 17.0 Å². The molecule has 0 aliphatic heterocycles. The summed E-state index contributed by atoms with van der Waals surface area (Å²) in [5.74, 6) is 2.37. The number of rotatable bonds is 5. The summed E-state index contributed by atoms with van der Waals surface area (Å²) in [6.07, 6.45) is 0. The smallest absolute Gasteiger partial charge is 0.164 e. The topological polar surface area (TPSA) is 38.7 Å². The van der Waals surface area contributed by atoms with Crippen molar-refractivity contribution >= 4 is 0 Å². The quantitative estimate of drug-likeness (QED) is 0.289. The Morgan fingerprint density at radius 1 is 0.424 bits per heavy atom. The third-order valence-corrected chi connectivity index (χ3v) is 5.67. The van der Waals surface area contributed by atoms with E-state index in [2.05, 4.69) is 98.8 Å². The number of nitrogens with zero attached hydrogens (tertiary/aromatic N) is 3. The average molecular weight is 428 g/mol. The van der Waals surface area contributed by atoms with E-state index in [1.54, 1.807) is 0 Å². The van der Waals surface area contributed by atoms with Gasteiger partial charge in [0.05, 0.1) is 0 Å². The van der Waals surface area contributed by atoms with E-state index in [9.17, 15) is 0 Å². The SMILES string of the molecule is CC(C)c1nc(-c2ccccc2-c2ccccc2)nc(-c2ccccc2-c2ccccc2)n1. The largest absolute Gasteiger partial charge is 0.213 e. The zero-order valence-electron chi connectivity index (χ0n) is 18.8. The van der Waals surface area contributed by atoms with E-state index in [1.807, 2.05) is 24.3 Å². The summed E-state index contributed by atoms with van der Waals surface area (Å²) in [6.45, 7) is 4.24. The zero-order valence-corrected chi connectivity index (χ0v) is 18.8. The molecule has 4 aromatic carbocycles. The van der Waals surface area contributed by atoms with Crippen LogP contribution in [0.15, 0.2) is 109 Å². The molecule has 0 fully saturated rings. The van der Waals surface area contributed by atoms with Crippen LogP contribution in [0.3, 0.4) is 0 Å². The van der Waals surface area contributed by atoms with Crippen molar-refractivity contribution in [1.82, 2.24) is 15.0 Å². The minimum Gasteiger partial charge on any atom is -0.213 e. The number of aromatic nitrogens is 3. The lowest BCUT2D eigenvalue weighted by Gasteiger charge is -2.14. The highest BCUT2D eigenvalue weighted by Gasteiger charge is 2.17.